The molecule has 3 aromatic carbocycles. The summed E-state index contributed by atoms with van der Waals surface area (Å²) >= 11 is 0. The second-order valence-corrected chi connectivity index (χ2v) is 5.80. The molecule has 5 nitrogen and oxygen atoms in total. The lowest BCUT2D eigenvalue weighted by molar-refractivity contribution is -0.112. The van der Waals surface area contributed by atoms with Gasteiger partial charge in [-0.2, -0.15) is 5.26 Å². The Hall–Kier alpha value is -3.78. The summed E-state index contributed by atoms with van der Waals surface area (Å²) in [5, 5.41) is 24.0. The first-order valence-electron chi connectivity index (χ1n) is 8.49. The highest BCUT2D eigenvalue weighted by Crippen LogP contribution is 2.29. The molecular formula is C22H18N2O3. The average molecular weight is 358 g/mol. The smallest absolute Gasteiger partial charge is 0.266 e. The summed E-state index contributed by atoms with van der Waals surface area (Å²) in [6.07, 6.45) is 1.40. The number of fused-ring (bicyclic) bond motifs is 1. The maximum atomic E-state index is 12.5. The van der Waals surface area contributed by atoms with Crippen molar-refractivity contribution in [2.24, 2.45) is 0 Å². The van der Waals surface area contributed by atoms with E-state index in [4.69, 9.17) is 4.74 Å². The number of ether oxygens (including phenoxy) is 1. The van der Waals surface area contributed by atoms with Gasteiger partial charge >= 0.3 is 0 Å². The minimum absolute atomic E-state index is 0.00955. The van der Waals surface area contributed by atoms with Crippen LogP contribution in [0.2, 0.25) is 0 Å². The molecule has 0 saturated heterocycles. The zero-order valence-corrected chi connectivity index (χ0v) is 14.8. The molecular weight excluding hydrogens is 340 g/mol. The van der Waals surface area contributed by atoms with Crippen molar-refractivity contribution in [3.8, 4) is 17.6 Å². The first kappa shape index (κ1) is 18.0. The predicted octanol–water partition coefficient (Wildman–Crippen LogP) is 4.49. The maximum absolute atomic E-state index is 12.5. The average Bonchev–Trinajstić information content (AvgIpc) is 2.69. The zero-order valence-electron chi connectivity index (χ0n) is 14.8. The summed E-state index contributed by atoms with van der Waals surface area (Å²) in [6, 6.07) is 19.6. The normalized spacial score (nSPS) is 11.0. The van der Waals surface area contributed by atoms with Crippen molar-refractivity contribution in [3.63, 3.8) is 0 Å². The minimum Gasteiger partial charge on any atom is -0.507 e. The number of carbonyl (C=O) groups excluding carboxylic acids is 1. The van der Waals surface area contributed by atoms with Gasteiger partial charge in [0.1, 0.15) is 23.1 Å². The van der Waals surface area contributed by atoms with Gasteiger partial charge in [0.2, 0.25) is 0 Å². The lowest BCUT2D eigenvalue weighted by atomic mass is 10.0. The van der Waals surface area contributed by atoms with Crippen LogP contribution in [-0.2, 0) is 4.79 Å². The van der Waals surface area contributed by atoms with Crippen LogP contribution >= 0.6 is 0 Å². The summed E-state index contributed by atoms with van der Waals surface area (Å²) in [4.78, 5) is 12.5. The minimum atomic E-state index is -0.547. The van der Waals surface area contributed by atoms with Crippen LogP contribution in [0.25, 0.3) is 16.8 Å². The Balaban J connectivity index is 1.90. The monoisotopic (exact) mass is 358 g/mol. The number of nitrogens with one attached hydrogen (secondary N) is 1. The summed E-state index contributed by atoms with van der Waals surface area (Å²) in [5.74, 6) is 0.163. The first-order valence-corrected chi connectivity index (χ1v) is 8.49. The van der Waals surface area contributed by atoms with Gasteiger partial charge in [0.05, 0.1) is 6.61 Å². The Kier molecular flexibility index (Phi) is 5.38. The van der Waals surface area contributed by atoms with E-state index in [1.807, 2.05) is 37.3 Å². The van der Waals surface area contributed by atoms with Crippen molar-refractivity contribution in [2.45, 2.75) is 6.92 Å². The van der Waals surface area contributed by atoms with Gasteiger partial charge in [-0.3, -0.25) is 4.79 Å². The van der Waals surface area contributed by atoms with Gasteiger partial charge in [-0.05, 0) is 54.1 Å². The lowest BCUT2D eigenvalue weighted by Crippen LogP contribution is -2.13. The van der Waals surface area contributed by atoms with Gasteiger partial charge in [0.25, 0.3) is 5.91 Å². The van der Waals surface area contributed by atoms with E-state index in [0.29, 0.717) is 23.6 Å². The van der Waals surface area contributed by atoms with E-state index in [9.17, 15) is 15.2 Å². The standard InChI is InChI=1S/C22H18N2O3/c1-2-27-18-10-8-17(9-11-18)24-22(26)16(14-23)13-20-19-6-4-3-5-15(19)7-12-21(20)25/h3-13,25H,2H2,1H3,(H,24,26)/b16-13-. The fraction of sp³-hybridized carbons (Fsp3) is 0.0909. The molecule has 0 aliphatic carbocycles. The van der Waals surface area contributed by atoms with E-state index >= 15 is 0 Å². The van der Waals surface area contributed by atoms with Crippen LogP contribution in [0.5, 0.6) is 11.5 Å². The fourth-order valence-corrected chi connectivity index (χ4v) is 2.73. The molecule has 0 aliphatic heterocycles. The first-order chi connectivity index (χ1) is 13.1. The van der Waals surface area contributed by atoms with Crippen molar-refractivity contribution in [1.29, 1.82) is 5.26 Å². The van der Waals surface area contributed by atoms with Crippen molar-refractivity contribution in [1.82, 2.24) is 0 Å². The number of rotatable bonds is 5. The van der Waals surface area contributed by atoms with Crippen LogP contribution in [0.15, 0.2) is 66.2 Å². The zero-order chi connectivity index (χ0) is 19.2. The van der Waals surface area contributed by atoms with Gasteiger partial charge in [-0.15, -0.1) is 0 Å². The fourth-order valence-electron chi connectivity index (χ4n) is 2.73. The van der Waals surface area contributed by atoms with Gasteiger partial charge < -0.3 is 15.2 Å². The number of anilines is 1. The molecule has 0 aliphatic rings. The van der Waals surface area contributed by atoms with E-state index < -0.39 is 5.91 Å². The highest BCUT2D eigenvalue weighted by molar-refractivity contribution is 6.11. The number of phenols is 1. The van der Waals surface area contributed by atoms with E-state index in [-0.39, 0.29) is 11.3 Å². The Labute approximate surface area is 157 Å². The summed E-state index contributed by atoms with van der Waals surface area (Å²) < 4.78 is 5.36. The molecule has 0 heterocycles. The number of hydrogen-bond acceptors (Lipinski definition) is 4. The quantitative estimate of drug-likeness (QED) is 0.520. The summed E-state index contributed by atoms with van der Waals surface area (Å²) in [7, 11) is 0. The molecule has 1 amide bonds. The molecule has 0 unspecified atom stereocenters. The number of aromatic hydroxyl groups is 1. The summed E-state index contributed by atoms with van der Waals surface area (Å²) in [6.45, 7) is 2.45. The van der Waals surface area contributed by atoms with Crippen molar-refractivity contribution in [2.75, 3.05) is 11.9 Å². The Morgan fingerprint density at radius 3 is 2.59 bits per heavy atom. The Morgan fingerprint density at radius 1 is 1.15 bits per heavy atom. The molecule has 134 valence electrons. The number of nitrogens with zero attached hydrogens (tertiary/aromatic N) is 1. The molecule has 5 heteroatoms. The number of benzene rings is 3. The van der Waals surface area contributed by atoms with Gasteiger partial charge in [-0.1, -0.05) is 30.3 Å². The number of hydrogen-bond donors (Lipinski definition) is 2. The molecule has 27 heavy (non-hydrogen) atoms. The molecule has 0 aromatic heterocycles. The largest absolute Gasteiger partial charge is 0.507 e. The van der Waals surface area contributed by atoms with Crippen LogP contribution in [0.1, 0.15) is 12.5 Å². The van der Waals surface area contributed by atoms with Crippen molar-refractivity contribution < 1.29 is 14.6 Å². The van der Waals surface area contributed by atoms with Crippen LogP contribution in [0.3, 0.4) is 0 Å². The number of phenolic OH excluding ortho intramolecular Hbond substituents is 1. The molecule has 0 fully saturated rings. The van der Waals surface area contributed by atoms with Gasteiger partial charge in [0, 0.05) is 11.3 Å². The third-order valence-electron chi connectivity index (χ3n) is 4.02. The van der Waals surface area contributed by atoms with E-state index in [1.54, 1.807) is 36.4 Å². The van der Waals surface area contributed by atoms with Crippen LogP contribution < -0.4 is 10.1 Å². The number of carbonyl (C=O) groups is 1. The SMILES string of the molecule is CCOc1ccc(NC(=O)/C(C#N)=C\c2c(O)ccc3ccccc23)cc1. The molecule has 2 N–H and O–H groups in total. The predicted molar refractivity (Wildman–Crippen MR) is 105 cm³/mol. The third-order valence-corrected chi connectivity index (χ3v) is 4.02. The van der Waals surface area contributed by atoms with Crippen LogP contribution in [0, 0.1) is 11.3 Å². The second kappa shape index (κ2) is 8.07. The van der Waals surface area contributed by atoms with E-state index in [0.717, 1.165) is 10.8 Å². The highest BCUT2D eigenvalue weighted by atomic mass is 16.5. The Morgan fingerprint density at radius 2 is 1.89 bits per heavy atom. The molecule has 0 bridgehead atoms. The molecule has 0 atom stereocenters. The molecule has 3 rings (SSSR count). The second-order valence-electron chi connectivity index (χ2n) is 5.80. The molecule has 0 radical (unpaired) electrons. The molecule has 0 spiro atoms. The van der Waals surface area contributed by atoms with E-state index in [2.05, 4.69) is 5.32 Å². The lowest BCUT2D eigenvalue weighted by Gasteiger charge is -2.08. The molecule has 3 aromatic rings. The third kappa shape index (κ3) is 4.07. The van der Waals surface area contributed by atoms with Crippen molar-refractivity contribution in [3.05, 3.63) is 71.8 Å². The number of amides is 1. The topological polar surface area (TPSA) is 82.3 Å². The Bertz CT molecular complexity index is 1050. The van der Waals surface area contributed by atoms with Crippen LogP contribution in [0.4, 0.5) is 5.69 Å². The van der Waals surface area contributed by atoms with E-state index in [1.165, 1.54) is 6.08 Å². The summed E-state index contributed by atoms with van der Waals surface area (Å²) in [5.41, 5.74) is 0.883. The van der Waals surface area contributed by atoms with Crippen molar-refractivity contribution >= 4 is 28.4 Å². The highest BCUT2D eigenvalue weighted by Gasteiger charge is 2.13. The maximum Gasteiger partial charge on any atom is 0.266 e. The van der Waals surface area contributed by atoms with Gasteiger partial charge in [0.15, 0.2) is 0 Å². The number of nitriles is 1. The molecule has 0 saturated carbocycles. The van der Waals surface area contributed by atoms with Crippen LogP contribution in [-0.4, -0.2) is 17.6 Å². The van der Waals surface area contributed by atoms with Gasteiger partial charge in [-0.25, -0.2) is 0 Å².